The Bertz CT molecular complexity index is 1230. The van der Waals surface area contributed by atoms with E-state index in [1.807, 2.05) is 0 Å². The Morgan fingerprint density at radius 3 is 2.94 bits per heavy atom. The Balaban J connectivity index is 1.80. The average molecular weight is 442 g/mol. The number of nitro groups is 1. The number of halogens is 2. The highest BCUT2D eigenvalue weighted by Gasteiger charge is 2.31. The lowest BCUT2D eigenvalue weighted by Gasteiger charge is -2.19. The summed E-state index contributed by atoms with van der Waals surface area (Å²) in [5, 5.41) is 18.0. The Hall–Kier alpha value is -3.32. The quantitative estimate of drug-likeness (QED) is 0.360. The normalized spacial score (nSPS) is 17.9. The number of benzene rings is 2. The Morgan fingerprint density at radius 1 is 1.39 bits per heavy atom. The minimum atomic E-state index is -0.689. The molecule has 2 aromatic carbocycles. The summed E-state index contributed by atoms with van der Waals surface area (Å²) in [6.07, 6.45) is 1.97. The molecule has 31 heavy (non-hydrogen) atoms. The second-order valence-electron chi connectivity index (χ2n) is 6.97. The van der Waals surface area contributed by atoms with Crippen molar-refractivity contribution in [1.82, 2.24) is 15.3 Å². The van der Waals surface area contributed by atoms with E-state index in [0.29, 0.717) is 23.9 Å². The number of fused-ring (bicyclic) bond motifs is 1. The lowest BCUT2D eigenvalue weighted by Crippen LogP contribution is -2.32. The van der Waals surface area contributed by atoms with Crippen LogP contribution in [0.2, 0.25) is 5.02 Å². The molecule has 8 nitrogen and oxygen atoms in total. The van der Waals surface area contributed by atoms with Gasteiger partial charge in [0.15, 0.2) is 5.82 Å². The van der Waals surface area contributed by atoms with Gasteiger partial charge in [-0.3, -0.25) is 10.1 Å². The van der Waals surface area contributed by atoms with E-state index in [4.69, 9.17) is 16.3 Å². The predicted octanol–water partition coefficient (Wildman–Crippen LogP) is 3.80. The molecule has 1 aliphatic heterocycles. The third-order valence-electron chi connectivity index (χ3n) is 5.09. The molecule has 1 unspecified atom stereocenters. The summed E-state index contributed by atoms with van der Waals surface area (Å²) >= 11 is 5.83. The monoisotopic (exact) mass is 441 g/mol. The lowest BCUT2D eigenvalue weighted by molar-refractivity contribution is -0.385. The lowest BCUT2D eigenvalue weighted by atomic mass is 10.0. The first-order valence-electron chi connectivity index (χ1n) is 9.36. The van der Waals surface area contributed by atoms with Gasteiger partial charge in [-0.2, -0.15) is 0 Å². The molecule has 0 saturated carbocycles. The number of hydrogen-bond acceptors (Lipinski definition) is 7. The van der Waals surface area contributed by atoms with Gasteiger partial charge in [0.2, 0.25) is 0 Å². The van der Waals surface area contributed by atoms with Gasteiger partial charge in [0, 0.05) is 31.5 Å². The van der Waals surface area contributed by atoms with Gasteiger partial charge in [-0.25, -0.2) is 14.4 Å². The van der Waals surface area contributed by atoms with Crippen LogP contribution in [0.4, 0.5) is 21.6 Å². The minimum absolute atomic E-state index is 0.0552. The number of nitrogens with one attached hydrogen (secondary N) is 2. The molecule has 0 aliphatic carbocycles. The largest absolute Gasteiger partial charge is 0.364 e. The van der Waals surface area contributed by atoms with Gasteiger partial charge >= 0.3 is 0 Å². The van der Waals surface area contributed by atoms with Crippen molar-refractivity contribution in [2.24, 2.45) is 0 Å². The number of methoxy groups -OCH3 is 1. The molecule has 10 heteroatoms. The third-order valence-corrected chi connectivity index (χ3v) is 5.38. The molecular formula is C21H17ClFN5O3. The molecule has 0 radical (unpaired) electrons. The zero-order valence-electron chi connectivity index (χ0n) is 16.4. The van der Waals surface area contributed by atoms with Gasteiger partial charge in [0.05, 0.1) is 21.2 Å². The maximum Gasteiger partial charge on any atom is 0.285 e. The molecule has 4 rings (SSSR count). The summed E-state index contributed by atoms with van der Waals surface area (Å²) in [4.78, 5) is 19.5. The first-order chi connectivity index (χ1) is 14.9. The number of aromatic nitrogens is 2. The number of rotatable bonds is 4. The summed E-state index contributed by atoms with van der Waals surface area (Å²) in [7, 11) is 1.57. The average Bonchev–Trinajstić information content (AvgIpc) is 3.24. The third kappa shape index (κ3) is 4.14. The number of nitrogens with zero attached hydrogens (tertiary/aromatic N) is 3. The van der Waals surface area contributed by atoms with Gasteiger partial charge in [0.1, 0.15) is 23.3 Å². The van der Waals surface area contributed by atoms with E-state index in [-0.39, 0.29) is 27.8 Å². The zero-order valence-corrected chi connectivity index (χ0v) is 17.2. The van der Waals surface area contributed by atoms with Crippen LogP contribution >= 0.6 is 11.6 Å². The molecule has 158 valence electrons. The summed E-state index contributed by atoms with van der Waals surface area (Å²) in [5.74, 6) is 5.48. The summed E-state index contributed by atoms with van der Waals surface area (Å²) in [5.41, 5.74) is -0.174. The molecule has 1 saturated heterocycles. The molecule has 2 heterocycles. The highest BCUT2D eigenvalue weighted by Crippen LogP contribution is 2.31. The van der Waals surface area contributed by atoms with E-state index in [2.05, 4.69) is 32.4 Å². The minimum Gasteiger partial charge on any atom is -0.364 e. The van der Waals surface area contributed by atoms with E-state index >= 15 is 0 Å². The maximum atomic E-state index is 14.3. The summed E-state index contributed by atoms with van der Waals surface area (Å²) < 4.78 is 19.8. The number of ether oxygens (including phenoxy) is 1. The van der Waals surface area contributed by atoms with Crippen LogP contribution in [0.15, 0.2) is 36.7 Å². The van der Waals surface area contributed by atoms with Crippen molar-refractivity contribution in [2.75, 3.05) is 25.5 Å². The van der Waals surface area contributed by atoms with E-state index in [0.717, 1.165) is 6.54 Å². The van der Waals surface area contributed by atoms with Crippen LogP contribution in [0.5, 0.6) is 0 Å². The fourth-order valence-corrected chi connectivity index (χ4v) is 3.53. The van der Waals surface area contributed by atoms with Crippen LogP contribution in [-0.2, 0) is 4.74 Å². The van der Waals surface area contributed by atoms with Crippen LogP contribution in [0.25, 0.3) is 10.9 Å². The molecule has 1 atom stereocenters. The van der Waals surface area contributed by atoms with Gasteiger partial charge in [-0.15, -0.1) is 0 Å². The van der Waals surface area contributed by atoms with Gasteiger partial charge < -0.3 is 15.4 Å². The SMILES string of the molecule is COC1(C#Cc2cc3ncnc(Nc4cccc(Cl)c4F)c3cc2[N+](=O)[O-])CCNC1. The van der Waals surface area contributed by atoms with Crippen molar-refractivity contribution in [3.63, 3.8) is 0 Å². The van der Waals surface area contributed by atoms with Crippen LogP contribution < -0.4 is 10.6 Å². The molecule has 3 aromatic rings. The highest BCUT2D eigenvalue weighted by atomic mass is 35.5. The first kappa shape index (κ1) is 20.9. The Labute approximate surface area is 181 Å². The van der Waals surface area contributed by atoms with Crippen molar-refractivity contribution >= 4 is 39.7 Å². The van der Waals surface area contributed by atoms with Gasteiger partial charge in [-0.05, 0) is 24.7 Å². The molecular weight excluding hydrogens is 425 g/mol. The van der Waals surface area contributed by atoms with Gasteiger partial charge in [-0.1, -0.05) is 29.5 Å². The second-order valence-corrected chi connectivity index (χ2v) is 7.37. The molecule has 0 amide bonds. The predicted molar refractivity (Wildman–Crippen MR) is 115 cm³/mol. The van der Waals surface area contributed by atoms with Crippen molar-refractivity contribution in [3.05, 3.63) is 63.2 Å². The summed E-state index contributed by atoms with van der Waals surface area (Å²) in [6, 6.07) is 7.34. The van der Waals surface area contributed by atoms with E-state index in [1.165, 1.54) is 30.6 Å². The van der Waals surface area contributed by atoms with Crippen LogP contribution in [0.1, 0.15) is 12.0 Å². The molecule has 0 bridgehead atoms. The Morgan fingerprint density at radius 2 is 2.23 bits per heavy atom. The standard InChI is InChI=1S/C21H17ClFN5O3/c1-31-21(7-8-24-11-21)6-5-13-9-17-14(10-18(13)28(29)30)20(26-12-25-17)27-16-4-2-3-15(22)19(16)23/h2-4,9-10,12,24H,7-8,11H2,1H3,(H,25,26,27). The number of nitro benzene ring substituents is 1. The van der Waals surface area contributed by atoms with E-state index < -0.39 is 16.3 Å². The summed E-state index contributed by atoms with van der Waals surface area (Å²) in [6.45, 7) is 1.30. The van der Waals surface area contributed by atoms with E-state index in [1.54, 1.807) is 13.2 Å². The number of hydrogen-bond donors (Lipinski definition) is 2. The molecule has 1 aliphatic rings. The molecule has 2 N–H and O–H groups in total. The topological polar surface area (TPSA) is 102 Å². The van der Waals surface area contributed by atoms with Crippen LogP contribution in [-0.4, -0.2) is 40.7 Å². The van der Waals surface area contributed by atoms with Crippen LogP contribution in [0.3, 0.4) is 0 Å². The molecule has 0 spiro atoms. The van der Waals surface area contributed by atoms with Crippen molar-refractivity contribution in [1.29, 1.82) is 0 Å². The zero-order chi connectivity index (χ0) is 22.0. The fraction of sp³-hybridized carbons (Fsp3) is 0.238. The smallest absolute Gasteiger partial charge is 0.285 e. The first-order valence-corrected chi connectivity index (χ1v) is 9.73. The maximum absolute atomic E-state index is 14.3. The second kappa shape index (κ2) is 8.43. The number of anilines is 2. The Kier molecular flexibility index (Phi) is 5.69. The van der Waals surface area contributed by atoms with Crippen LogP contribution in [0, 0.1) is 27.8 Å². The van der Waals surface area contributed by atoms with Gasteiger partial charge in [0.25, 0.3) is 5.69 Å². The van der Waals surface area contributed by atoms with Crippen molar-refractivity contribution in [2.45, 2.75) is 12.0 Å². The van der Waals surface area contributed by atoms with Crippen molar-refractivity contribution < 1.29 is 14.1 Å². The highest BCUT2D eigenvalue weighted by molar-refractivity contribution is 6.31. The van der Waals surface area contributed by atoms with Crippen molar-refractivity contribution in [3.8, 4) is 11.8 Å². The molecule has 1 fully saturated rings. The fourth-order valence-electron chi connectivity index (χ4n) is 3.35. The van der Waals surface area contributed by atoms with E-state index in [9.17, 15) is 14.5 Å². The molecule has 1 aromatic heterocycles.